The predicted octanol–water partition coefficient (Wildman–Crippen LogP) is 0.839. The quantitative estimate of drug-likeness (QED) is 0.644. The molecule has 0 aliphatic carbocycles. The summed E-state index contributed by atoms with van der Waals surface area (Å²) in [5.74, 6) is 0.672. The largest absolute Gasteiger partial charge is 0.495 e. The Kier molecular flexibility index (Phi) is 7.07. The topological polar surface area (TPSA) is 64.0 Å². The number of nitrogens with one attached hydrogen (secondary N) is 3. The fourth-order valence-electron chi connectivity index (χ4n) is 3.13. The standard InChI is InChI=1S/C21H27N3O3/c1-26-20-5-3-2-4-19(20)22-15-21(25)23-14-17-6-8-18(9-7-17)16-24-10-12-27-13-11-24/h2-9,22H,10-16H2,1H3,(H,23,25)/p+1. The molecule has 6 heteroatoms. The van der Waals surface area contributed by atoms with Gasteiger partial charge in [-0.25, -0.2) is 0 Å². The number of para-hydroxylation sites is 2. The third-order valence-corrected chi connectivity index (χ3v) is 4.71. The highest BCUT2D eigenvalue weighted by atomic mass is 16.5. The Balaban J connectivity index is 1.42. The van der Waals surface area contributed by atoms with Gasteiger partial charge in [0.15, 0.2) is 0 Å². The fraction of sp³-hybridized carbons (Fsp3) is 0.381. The van der Waals surface area contributed by atoms with E-state index < -0.39 is 0 Å². The van der Waals surface area contributed by atoms with Crippen molar-refractivity contribution >= 4 is 11.6 Å². The minimum absolute atomic E-state index is 0.0530. The van der Waals surface area contributed by atoms with Crippen LogP contribution in [0.15, 0.2) is 48.5 Å². The second-order valence-corrected chi connectivity index (χ2v) is 6.69. The van der Waals surface area contributed by atoms with Crippen LogP contribution in [0, 0.1) is 0 Å². The Morgan fingerprint density at radius 2 is 1.78 bits per heavy atom. The molecular formula is C21H28N3O3+. The number of rotatable bonds is 8. The molecule has 6 nitrogen and oxygen atoms in total. The summed E-state index contributed by atoms with van der Waals surface area (Å²) < 4.78 is 10.7. The number of morpholine rings is 1. The van der Waals surface area contributed by atoms with Crippen LogP contribution in [-0.2, 0) is 22.6 Å². The Morgan fingerprint density at radius 1 is 1.07 bits per heavy atom. The fourth-order valence-corrected chi connectivity index (χ4v) is 3.13. The molecule has 1 aliphatic heterocycles. The summed E-state index contributed by atoms with van der Waals surface area (Å²) in [4.78, 5) is 13.6. The second kappa shape index (κ2) is 9.94. The molecule has 2 aromatic rings. The smallest absolute Gasteiger partial charge is 0.239 e. The molecule has 1 saturated heterocycles. The van der Waals surface area contributed by atoms with Gasteiger partial charge in [-0.15, -0.1) is 0 Å². The van der Waals surface area contributed by atoms with Crippen LogP contribution in [0.25, 0.3) is 0 Å². The molecule has 144 valence electrons. The lowest BCUT2D eigenvalue weighted by molar-refractivity contribution is -0.921. The molecule has 1 heterocycles. The van der Waals surface area contributed by atoms with Gasteiger partial charge in [-0.2, -0.15) is 0 Å². The summed E-state index contributed by atoms with van der Waals surface area (Å²) in [7, 11) is 1.62. The molecule has 0 unspecified atom stereocenters. The zero-order valence-electron chi connectivity index (χ0n) is 15.8. The zero-order valence-corrected chi connectivity index (χ0v) is 15.8. The van der Waals surface area contributed by atoms with E-state index in [1.165, 1.54) is 5.56 Å². The van der Waals surface area contributed by atoms with E-state index in [2.05, 4.69) is 34.9 Å². The van der Waals surface area contributed by atoms with Crippen LogP contribution in [0.4, 0.5) is 5.69 Å². The minimum Gasteiger partial charge on any atom is -0.495 e. The number of carbonyl (C=O) groups is 1. The van der Waals surface area contributed by atoms with Gasteiger partial charge in [-0.05, 0) is 17.7 Å². The Labute approximate surface area is 160 Å². The van der Waals surface area contributed by atoms with Gasteiger partial charge in [0, 0.05) is 12.1 Å². The number of amides is 1. The lowest BCUT2D eigenvalue weighted by Gasteiger charge is -2.23. The van der Waals surface area contributed by atoms with Crippen LogP contribution < -0.4 is 20.3 Å². The number of quaternary nitrogens is 1. The first kappa shape index (κ1) is 19.2. The molecule has 2 aromatic carbocycles. The summed E-state index contributed by atoms with van der Waals surface area (Å²) in [6.45, 7) is 5.59. The van der Waals surface area contributed by atoms with E-state index in [9.17, 15) is 4.79 Å². The van der Waals surface area contributed by atoms with Gasteiger partial charge < -0.3 is 25.0 Å². The molecule has 1 aliphatic rings. The molecule has 3 N–H and O–H groups in total. The minimum atomic E-state index is -0.0530. The molecule has 1 amide bonds. The molecule has 0 radical (unpaired) electrons. The molecule has 27 heavy (non-hydrogen) atoms. The van der Waals surface area contributed by atoms with Crippen molar-refractivity contribution in [3.05, 3.63) is 59.7 Å². The lowest BCUT2D eigenvalue weighted by Crippen LogP contribution is -3.12. The number of methoxy groups -OCH3 is 1. The molecule has 1 fully saturated rings. The van der Waals surface area contributed by atoms with Crippen molar-refractivity contribution in [1.29, 1.82) is 0 Å². The van der Waals surface area contributed by atoms with Crippen molar-refractivity contribution in [1.82, 2.24) is 5.32 Å². The average molecular weight is 370 g/mol. The zero-order chi connectivity index (χ0) is 18.9. The van der Waals surface area contributed by atoms with Crippen molar-refractivity contribution in [3.8, 4) is 5.75 Å². The summed E-state index contributed by atoms with van der Waals surface area (Å²) >= 11 is 0. The number of anilines is 1. The van der Waals surface area contributed by atoms with E-state index in [1.54, 1.807) is 12.0 Å². The normalized spacial score (nSPS) is 14.6. The van der Waals surface area contributed by atoms with Crippen LogP contribution in [0.2, 0.25) is 0 Å². The van der Waals surface area contributed by atoms with Gasteiger partial charge in [0.1, 0.15) is 25.4 Å². The van der Waals surface area contributed by atoms with E-state index in [0.29, 0.717) is 6.54 Å². The SMILES string of the molecule is COc1ccccc1NCC(=O)NCc1ccc(C[NH+]2CCOCC2)cc1. The van der Waals surface area contributed by atoms with Crippen LogP contribution in [-0.4, -0.2) is 45.9 Å². The van der Waals surface area contributed by atoms with Gasteiger partial charge >= 0.3 is 0 Å². The highest BCUT2D eigenvalue weighted by Gasteiger charge is 2.14. The first-order valence-corrected chi connectivity index (χ1v) is 9.37. The van der Waals surface area contributed by atoms with E-state index in [1.807, 2.05) is 24.3 Å². The van der Waals surface area contributed by atoms with E-state index in [4.69, 9.17) is 9.47 Å². The maximum absolute atomic E-state index is 12.1. The molecule has 3 rings (SSSR count). The van der Waals surface area contributed by atoms with Crippen molar-refractivity contribution < 1.29 is 19.2 Å². The second-order valence-electron chi connectivity index (χ2n) is 6.69. The number of carbonyl (C=O) groups excluding carboxylic acids is 1. The van der Waals surface area contributed by atoms with Crippen LogP contribution in [0.5, 0.6) is 5.75 Å². The van der Waals surface area contributed by atoms with E-state index in [0.717, 1.165) is 49.8 Å². The van der Waals surface area contributed by atoms with Gasteiger partial charge in [-0.1, -0.05) is 36.4 Å². The van der Waals surface area contributed by atoms with E-state index >= 15 is 0 Å². The summed E-state index contributed by atoms with van der Waals surface area (Å²) in [5, 5.41) is 6.05. The maximum atomic E-state index is 12.1. The number of hydrogen-bond donors (Lipinski definition) is 3. The molecule has 0 bridgehead atoms. The predicted molar refractivity (Wildman–Crippen MR) is 105 cm³/mol. The monoisotopic (exact) mass is 370 g/mol. The van der Waals surface area contributed by atoms with Crippen molar-refractivity contribution in [2.24, 2.45) is 0 Å². The highest BCUT2D eigenvalue weighted by Crippen LogP contribution is 2.22. The molecular weight excluding hydrogens is 342 g/mol. The first-order chi connectivity index (χ1) is 13.2. The first-order valence-electron chi connectivity index (χ1n) is 9.37. The molecule has 0 aromatic heterocycles. The number of benzene rings is 2. The van der Waals surface area contributed by atoms with Crippen LogP contribution in [0.3, 0.4) is 0 Å². The van der Waals surface area contributed by atoms with Gasteiger partial charge in [0.25, 0.3) is 0 Å². The van der Waals surface area contributed by atoms with Gasteiger partial charge in [-0.3, -0.25) is 4.79 Å². The highest BCUT2D eigenvalue weighted by molar-refractivity contribution is 5.81. The average Bonchev–Trinajstić information content (AvgIpc) is 2.72. The maximum Gasteiger partial charge on any atom is 0.239 e. The van der Waals surface area contributed by atoms with Crippen LogP contribution in [0.1, 0.15) is 11.1 Å². The summed E-state index contributed by atoms with van der Waals surface area (Å²) in [6, 6.07) is 16.0. The van der Waals surface area contributed by atoms with Gasteiger partial charge in [0.2, 0.25) is 5.91 Å². The third kappa shape index (κ3) is 5.98. The number of hydrogen-bond acceptors (Lipinski definition) is 4. The van der Waals surface area contributed by atoms with Gasteiger partial charge in [0.05, 0.1) is 32.6 Å². The summed E-state index contributed by atoms with van der Waals surface area (Å²) in [5.41, 5.74) is 3.23. The van der Waals surface area contributed by atoms with Crippen molar-refractivity contribution in [2.45, 2.75) is 13.1 Å². The summed E-state index contributed by atoms with van der Waals surface area (Å²) in [6.07, 6.45) is 0. The lowest BCUT2D eigenvalue weighted by atomic mass is 10.1. The molecule has 0 saturated carbocycles. The Hall–Kier alpha value is -2.57. The molecule has 0 atom stereocenters. The number of ether oxygens (including phenoxy) is 2. The van der Waals surface area contributed by atoms with E-state index in [-0.39, 0.29) is 12.5 Å². The van der Waals surface area contributed by atoms with Crippen molar-refractivity contribution in [2.75, 3.05) is 45.3 Å². The third-order valence-electron chi connectivity index (χ3n) is 4.71. The Morgan fingerprint density at radius 3 is 2.52 bits per heavy atom. The molecule has 0 spiro atoms. The Bertz CT molecular complexity index is 728. The van der Waals surface area contributed by atoms with Crippen LogP contribution >= 0.6 is 0 Å². The van der Waals surface area contributed by atoms with Crippen molar-refractivity contribution in [3.63, 3.8) is 0 Å².